The summed E-state index contributed by atoms with van der Waals surface area (Å²) in [7, 11) is 0. The molecule has 0 saturated heterocycles. The summed E-state index contributed by atoms with van der Waals surface area (Å²) in [4.78, 5) is 25.1. The lowest BCUT2D eigenvalue weighted by molar-refractivity contribution is 0.0932. The van der Waals surface area contributed by atoms with Gasteiger partial charge in [-0.05, 0) is 30.0 Å². The zero-order valence-electron chi connectivity index (χ0n) is 10.1. The first-order valence-electron chi connectivity index (χ1n) is 6.04. The van der Waals surface area contributed by atoms with Gasteiger partial charge in [0, 0.05) is 12.5 Å². The first-order chi connectivity index (χ1) is 8.72. The molecular formula is C14H13NO2S. The Bertz CT molecular complexity index is 610. The van der Waals surface area contributed by atoms with E-state index in [0.29, 0.717) is 17.9 Å². The number of ketones is 2. The number of carbonyl (C=O) groups is 2. The van der Waals surface area contributed by atoms with Gasteiger partial charge in [0.25, 0.3) is 0 Å². The zero-order valence-corrected chi connectivity index (χ0v) is 10.9. The van der Waals surface area contributed by atoms with Crippen molar-refractivity contribution in [2.75, 3.05) is 0 Å². The third kappa shape index (κ3) is 1.56. The van der Waals surface area contributed by atoms with Crippen LogP contribution in [-0.4, -0.2) is 16.1 Å². The molecule has 1 unspecified atom stereocenters. The molecule has 3 heterocycles. The molecule has 0 aliphatic carbocycles. The molecule has 3 rings (SSSR count). The smallest absolute Gasteiger partial charge is 0.219 e. The van der Waals surface area contributed by atoms with Crippen LogP contribution in [0.4, 0.5) is 0 Å². The summed E-state index contributed by atoms with van der Waals surface area (Å²) in [5.41, 5.74) is 1.32. The molecule has 1 aliphatic heterocycles. The number of hydrogen-bond donors (Lipinski definition) is 0. The van der Waals surface area contributed by atoms with Gasteiger partial charge in [-0.3, -0.25) is 9.59 Å². The van der Waals surface area contributed by atoms with Gasteiger partial charge < -0.3 is 4.57 Å². The van der Waals surface area contributed by atoms with Crippen LogP contribution in [0.5, 0.6) is 0 Å². The van der Waals surface area contributed by atoms with E-state index in [0.717, 1.165) is 11.3 Å². The van der Waals surface area contributed by atoms with Crippen molar-refractivity contribution in [3.63, 3.8) is 0 Å². The van der Waals surface area contributed by atoms with Gasteiger partial charge in [0.15, 0.2) is 5.78 Å². The molecule has 2 aromatic rings. The Morgan fingerprint density at radius 1 is 1.44 bits per heavy atom. The van der Waals surface area contributed by atoms with Gasteiger partial charge in [0.2, 0.25) is 5.78 Å². The maximum absolute atomic E-state index is 12.3. The lowest BCUT2D eigenvalue weighted by Gasteiger charge is -2.05. The van der Waals surface area contributed by atoms with Gasteiger partial charge >= 0.3 is 0 Å². The van der Waals surface area contributed by atoms with Gasteiger partial charge in [0.1, 0.15) is 0 Å². The molecular weight excluding hydrogens is 246 g/mol. The van der Waals surface area contributed by atoms with Crippen molar-refractivity contribution in [3.05, 3.63) is 45.9 Å². The Hall–Kier alpha value is -1.68. The van der Waals surface area contributed by atoms with Crippen molar-refractivity contribution in [2.45, 2.75) is 19.9 Å². The highest BCUT2D eigenvalue weighted by Crippen LogP contribution is 2.27. The molecule has 0 aromatic carbocycles. The van der Waals surface area contributed by atoms with Crippen molar-refractivity contribution in [2.24, 2.45) is 5.92 Å². The summed E-state index contributed by atoms with van der Waals surface area (Å²) in [5, 5.41) is 1.89. The van der Waals surface area contributed by atoms with E-state index in [9.17, 15) is 9.59 Å². The maximum atomic E-state index is 12.3. The van der Waals surface area contributed by atoms with Crippen LogP contribution in [0, 0.1) is 5.92 Å². The van der Waals surface area contributed by atoms with Crippen molar-refractivity contribution in [3.8, 4) is 0 Å². The number of fused-ring (bicyclic) bond motifs is 1. The fraction of sp³-hybridized carbons (Fsp3) is 0.286. The summed E-state index contributed by atoms with van der Waals surface area (Å²) >= 11 is 1.43. The molecule has 1 aliphatic rings. The largest absolute Gasteiger partial charge is 0.335 e. The molecule has 0 radical (unpaired) electrons. The molecule has 0 bridgehead atoms. The minimum Gasteiger partial charge on any atom is -0.335 e. The first-order valence-corrected chi connectivity index (χ1v) is 6.92. The van der Waals surface area contributed by atoms with Crippen LogP contribution in [-0.2, 0) is 6.54 Å². The Morgan fingerprint density at radius 3 is 2.94 bits per heavy atom. The molecule has 0 saturated carbocycles. The molecule has 0 amide bonds. The van der Waals surface area contributed by atoms with Crippen LogP contribution < -0.4 is 0 Å². The normalized spacial score (nSPS) is 18.1. The van der Waals surface area contributed by atoms with Crippen molar-refractivity contribution >= 4 is 22.9 Å². The van der Waals surface area contributed by atoms with Crippen molar-refractivity contribution < 1.29 is 9.59 Å². The Labute approximate surface area is 109 Å². The van der Waals surface area contributed by atoms with E-state index in [1.165, 1.54) is 11.3 Å². The average Bonchev–Trinajstić information content (AvgIpc) is 3.06. The Morgan fingerprint density at radius 2 is 2.28 bits per heavy atom. The van der Waals surface area contributed by atoms with Crippen LogP contribution in [0.3, 0.4) is 0 Å². The van der Waals surface area contributed by atoms with E-state index in [1.54, 1.807) is 12.1 Å². The van der Waals surface area contributed by atoms with Crippen LogP contribution in [0.25, 0.3) is 0 Å². The Kier molecular flexibility index (Phi) is 2.67. The monoisotopic (exact) mass is 259 g/mol. The number of aromatic nitrogens is 1. The Balaban J connectivity index is 2.00. The first kappa shape index (κ1) is 11.4. The maximum Gasteiger partial charge on any atom is 0.219 e. The third-order valence-corrected chi connectivity index (χ3v) is 4.35. The van der Waals surface area contributed by atoms with Gasteiger partial charge in [-0.1, -0.05) is 13.0 Å². The van der Waals surface area contributed by atoms with E-state index >= 15 is 0 Å². The summed E-state index contributed by atoms with van der Waals surface area (Å²) in [6.45, 7) is 2.65. The fourth-order valence-electron chi connectivity index (χ4n) is 2.44. The van der Waals surface area contributed by atoms with Gasteiger partial charge in [-0.2, -0.15) is 0 Å². The molecule has 0 spiro atoms. The highest BCUT2D eigenvalue weighted by Gasteiger charge is 2.32. The van der Waals surface area contributed by atoms with Crippen LogP contribution in [0.15, 0.2) is 29.6 Å². The van der Waals surface area contributed by atoms with E-state index in [4.69, 9.17) is 0 Å². The number of nitrogens with zero attached hydrogens (tertiary/aromatic N) is 1. The van der Waals surface area contributed by atoms with E-state index in [-0.39, 0.29) is 17.5 Å². The SMILES string of the molecule is CCC1Cn2c(C(=O)c3cccs3)ccc2C1=O. The second kappa shape index (κ2) is 4.21. The van der Waals surface area contributed by atoms with Crippen LogP contribution in [0.1, 0.15) is 39.2 Å². The van der Waals surface area contributed by atoms with Gasteiger partial charge in [-0.25, -0.2) is 0 Å². The topological polar surface area (TPSA) is 39.1 Å². The molecule has 1 atom stereocenters. The lowest BCUT2D eigenvalue weighted by atomic mass is 10.0. The lowest BCUT2D eigenvalue weighted by Crippen LogP contribution is -2.10. The standard InChI is InChI=1S/C14H13NO2S/c1-2-9-8-15-10(13(9)16)5-6-11(15)14(17)12-4-3-7-18-12/h3-7,9H,2,8H2,1H3. The van der Waals surface area contributed by atoms with E-state index in [2.05, 4.69) is 0 Å². The fourth-order valence-corrected chi connectivity index (χ4v) is 3.11. The number of thiophene rings is 1. The molecule has 92 valence electrons. The molecule has 0 fully saturated rings. The van der Waals surface area contributed by atoms with Crippen LogP contribution >= 0.6 is 11.3 Å². The number of Topliss-reactive ketones (excluding diaryl/α,β-unsaturated/α-hetero) is 1. The number of carbonyl (C=O) groups excluding carboxylic acids is 2. The number of hydrogen-bond acceptors (Lipinski definition) is 3. The average molecular weight is 259 g/mol. The third-order valence-electron chi connectivity index (χ3n) is 3.48. The van der Waals surface area contributed by atoms with E-state index < -0.39 is 0 Å². The van der Waals surface area contributed by atoms with E-state index in [1.807, 2.05) is 29.0 Å². The summed E-state index contributed by atoms with van der Waals surface area (Å²) in [6.07, 6.45) is 0.827. The highest BCUT2D eigenvalue weighted by atomic mass is 32.1. The quantitative estimate of drug-likeness (QED) is 0.795. The minimum atomic E-state index is 0.0146. The minimum absolute atomic E-state index is 0.0146. The predicted molar refractivity (Wildman–Crippen MR) is 70.3 cm³/mol. The summed E-state index contributed by atoms with van der Waals surface area (Å²) in [5.74, 6) is 0.222. The van der Waals surface area contributed by atoms with Crippen molar-refractivity contribution in [1.82, 2.24) is 4.57 Å². The predicted octanol–water partition coefficient (Wildman–Crippen LogP) is 3.00. The summed E-state index contributed by atoms with van der Waals surface area (Å²) < 4.78 is 1.87. The van der Waals surface area contributed by atoms with Crippen molar-refractivity contribution in [1.29, 1.82) is 0 Å². The summed E-state index contributed by atoms with van der Waals surface area (Å²) in [6, 6.07) is 7.23. The second-order valence-electron chi connectivity index (χ2n) is 4.49. The molecule has 3 nitrogen and oxygen atoms in total. The number of rotatable bonds is 3. The van der Waals surface area contributed by atoms with Gasteiger partial charge in [0.05, 0.1) is 16.3 Å². The molecule has 18 heavy (non-hydrogen) atoms. The second-order valence-corrected chi connectivity index (χ2v) is 5.44. The molecule has 4 heteroatoms. The highest BCUT2D eigenvalue weighted by molar-refractivity contribution is 7.12. The van der Waals surface area contributed by atoms with Crippen LogP contribution in [0.2, 0.25) is 0 Å². The molecule has 2 aromatic heterocycles. The zero-order chi connectivity index (χ0) is 12.7. The molecule has 0 N–H and O–H groups in total. The van der Waals surface area contributed by atoms with Gasteiger partial charge in [-0.15, -0.1) is 11.3 Å².